The summed E-state index contributed by atoms with van der Waals surface area (Å²) in [6.45, 7) is 1.73. The molecule has 1 aromatic rings. The molecule has 1 aliphatic heterocycles. The van der Waals surface area contributed by atoms with Crippen LogP contribution in [0.1, 0.15) is 12.8 Å². The van der Waals surface area contributed by atoms with E-state index in [-0.39, 0.29) is 17.3 Å². The normalized spacial score (nSPS) is 17.8. The fourth-order valence-electron chi connectivity index (χ4n) is 2.25. The number of carbonyl (C=O) groups excluding carboxylic acids is 1. The highest BCUT2D eigenvalue weighted by molar-refractivity contribution is 5.93. The number of ether oxygens (including phenoxy) is 1. The second-order valence-electron chi connectivity index (χ2n) is 4.75. The van der Waals surface area contributed by atoms with Crippen molar-refractivity contribution < 1.29 is 14.5 Å². The number of anilines is 1. The first-order valence-corrected chi connectivity index (χ1v) is 6.43. The molecule has 1 amide bonds. The standard InChI is InChI=1S/C13H17N3O4/c1-20-10-2-3-11(12(7-10)16(18)19)15-13(17)6-9-4-5-14-8-9/h2-3,7,9,14H,4-6,8H2,1H3,(H,15,17). The minimum atomic E-state index is -0.532. The maximum Gasteiger partial charge on any atom is 0.296 e. The van der Waals surface area contributed by atoms with Gasteiger partial charge in [-0.3, -0.25) is 14.9 Å². The number of amides is 1. The van der Waals surface area contributed by atoms with Crippen LogP contribution in [0.3, 0.4) is 0 Å². The molecule has 1 saturated heterocycles. The molecule has 108 valence electrons. The first-order chi connectivity index (χ1) is 9.60. The molecule has 0 spiro atoms. The lowest BCUT2D eigenvalue weighted by molar-refractivity contribution is -0.384. The molecule has 20 heavy (non-hydrogen) atoms. The van der Waals surface area contributed by atoms with E-state index in [4.69, 9.17) is 4.74 Å². The topological polar surface area (TPSA) is 93.5 Å². The third-order valence-corrected chi connectivity index (χ3v) is 3.31. The largest absolute Gasteiger partial charge is 0.496 e. The van der Waals surface area contributed by atoms with Gasteiger partial charge in [0.15, 0.2) is 0 Å². The molecule has 2 rings (SSSR count). The summed E-state index contributed by atoms with van der Waals surface area (Å²) in [7, 11) is 1.43. The van der Waals surface area contributed by atoms with Crippen molar-refractivity contribution >= 4 is 17.3 Å². The Bertz CT molecular complexity index is 512. The molecule has 0 radical (unpaired) electrons. The number of nitrogens with one attached hydrogen (secondary N) is 2. The Morgan fingerprint density at radius 2 is 2.40 bits per heavy atom. The van der Waals surface area contributed by atoms with E-state index in [0.29, 0.717) is 18.1 Å². The van der Waals surface area contributed by atoms with Crippen molar-refractivity contribution in [3.8, 4) is 5.75 Å². The Labute approximate surface area is 116 Å². The van der Waals surface area contributed by atoms with Crippen LogP contribution in [0.4, 0.5) is 11.4 Å². The summed E-state index contributed by atoms with van der Waals surface area (Å²) >= 11 is 0. The highest BCUT2D eigenvalue weighted by Crippen LogP contribution is 2.29. The minimum Gasteiger partial charge on any atom is -0.496 e. The smallest absolute Gasteiger partial charge is 0.296 e. The van der Waals surface area contributed by atoms with Gasteiger partial charge in [-0.05, 0) is 37.6 Å². The van der Waals surface area contributed by atoms with E-state index in [1.54, 1.807) is 6.07 Å². The predicted octanol–water partition coefficient (Wildman–Crippen LogP) is 1.54. The number of hydrogen-bond acceptors (Lipinski definition) is 5. The van der Waals surface area contributed by atoms with Crippen molar-refractivity contribution in [3.05, 3.63) is 28.3 Å². The van der Waals surface area contributed by atoms with E-state index in [1.807, 2.05) is 0 Å². The fraction of sp³-hybridized carbons (Fsp3) is 0.462. The highest BCUT2D eigenvalue weighted by Gasteiger charge is 2.21. The van der Waals surface area contributed by atoms with Crippen molar-refractivity contribution in [2.45, 2.75) is 12.8 Å². The number of benzene rings is 1. The Hall–Kier alpha value is -2.15. The van der Waals surface area contributed by atoms with Crippen LogP contribution in [0.15, 0.2) is 18.2 Å². The summed E-state index contributed by atoms with van der Waals surface area (Å²) in [6, 6.07) is 4.37. The predicted molar refractivity (Wildman–Crippen MR) is 73.9 cm³/mol. The van der Waals surface area contributed by atoms with Gasteiger partial charge >= 0.3 is 0 Å². The molecule has 2 N–H and O–H groups in total. The number of nitrogens with zero attached hydrogens (tertiary/aromatic N) is 1. The summed E-state index contributed by atoms with van der Waals surface area (Å²) in [6.07, 6.45) is 1.33. The summed E-state index contributed by atoms with van der Waals surface area (Å²) in [5.74, 6) is 0.481. The summed E-state index contributed by atoms with van der Waals surface area (Å²) in [4.78, 5) is 22.4. The maximum absolute atomic E-state index is 11.9. The molecule has 1 unspecified atom stereocenters. The maximum atomic E-state index is 11.9. The summed E-state index contributed by atoms with van der Waals surface area (Å²) in [5, 5.41) is 16.8. The van der Waals surface area contributed by atoms with Crippen LogP contribution in [0.5, 0.6) is 5.75 Å². The number of methoxy groups -OCH3 is 1. The highest BCUT2D eigenvalue weighted by atomic mass is 16.6. The summed E-state index contributed by atoms with van der Waals surface area (Å²) < 4.78 is 4.95. The number of carbonyl (C=O) groups is 1. The molecular formula is C13H17N3O4. The molecule has 1 aliphatic rings. The SMILES string of the molecule is COc1ccc(NC(=O)CC2CCNC2)c([N+](=O)[O-])c1. The van der Waals surface area contributed by atoms with Gasteiger partial charge in [0, 0.05) is 6.42 Å². The zero-order chi connectivity index (χ0) is 14.5. The van der Waals surface area contributed by atoms with Crippen LogP contribution < -0.4 is 15.4 Å². The zero-order valence-electron chi connectivity index (χ0n) is 11.2. The second kappa shape index (κ2) is 6.33. The number of nitro benzene ring substituents is 1. The molecule has 0 bridgehead atoms. The first-order valence-electron chi connectivity index (χ1n) is 6.43. The van der Waals surface area contributed by atoms with E-state index in [9.17, 15) is 14.9 Å². The number of hydrogen-bond donors (Lipinski definition) is 2. The Morgan fingerprint density at radius 3 is 3.00 bits per heavy atom. The lowest BCUT2D eigenvalue weighted by atomic mass is 10.0. The molecule has 7 nitrogen and oxygen atoms in total. The van der Waals surface area contributed by atoms with Crippen molar-refractivity contribution in [2.75, 3.05) is 25.5 Å². The monoisotopic (exact) mass is 279 g/mol. The van der Waals surface area contributed by atoms with Gasteiger partial charge in [0.2, 0.25) is 5.91 Å². The van der Waals surface area contributed by atoms with Gasteiger partial charge < -0.3 is 15.4 Å². The molecular weight excluding hydrogens is 262 g/mol. The second-order valence-corrected chi connectivity index (χ2v) is 4.75. The Morgan fingerprint density at radius 1 is 1.60 bits per heavy atom. The van der Waals surface area contributed by atoms with Gasteiger partial charge in [-0.1, -0.05) is 0 Å². The minimum absolute atomic E-state index is 0.165. The van der Waals surface area contributed by atoms with Crippen LogP contribution in [-0.2, 0) is 4.79 Å². The van der Waals surface area contributed by atoms with Gasteiger partial charge in [0.05, 0.1) is 18.1 Å². The molecule has 1 aromatic carbocycles. The molecule has 0 aromatic heterocycles. The third-order valence-electron chi connectivity index (χ3n) is 3.31. The van der Waals surface area contributed by atoms with Crippen molar-refractivity contribution in [3.63, 3.8) is 0 Å². The number of rotatable bonds is 5. The average Bonchev–Trinajstić information content (AvgIpc) is 2.91. The lowest BCUT2D eigenvalue weighted by Crippen LogP contribution is -2.18. The van der Waals surface area contributed by atoms with Gasteiger partial charge in [0.1, 0.15) is 11.4 Å². The Kier molecular flexibility index (Phi) is 4.52. The summed E-state index contributed by atoms with van der Waals surface area (Å²) in [5.41, 5.74) is 0.0361. The molecule has 7 heteroatoms. The van der Waals surface area contributed by atoms with Crippen LogP contribution in [-0.4, -0.2) is 31.0 Å². The van der Waals surface area contributed by atoms with Gasteiger partial charge in [-0.2, -0.15) is 0 Å². The molecule has 1 fully saturated rings. The van der Waals surface area contributed by atoms with Crippen LogP contribution >= 0.6 is 0 Å². The van der Waals surface area contributed by atoms with E-state index in [2.05, 4.69) is 10.6 Å². The van der Waals surface area contributed by atoms with Gasteiger partial charge in [-0.25, -0.2) is 0 Å². The number of nitro groups is 1. The van der Waals surface area contributed by atoms with Crippen LogP contribution in [0.2, 0.25) is 0 Å². The van der Waals surface area contributed by atoms with E-state index in [1.165, 1.54) is 19.2 Å². The van der Waals surface area contributed by atoms with E-state index < -0.39 is 4.92 Å². The van der Waals surface area contributed by atoms with Crippen LogP contribution in [0.25, 0.3) is 0 Å². The van der Waals surface area contributed by atoms with Gasteiger partial charge in [0.25, 0.3) is 5.69 Å². The van der Waals surface area contributed by atoms with Crippen molar-refractivity contribution in [1.82, 2.24) is 5.32 Å². The van der Waals surface area contributed by atoms with Crippen LogP contribution in [0, 0.1) is 16.0 Å². The van der Waals surface area contributed by atoms with Crippen molar-refractivity contribution in [1.29, 1.82) is 0 Å². The molecule has 1 atom stereocenters. The molecule has 0 saturated carbocycles. The third kappa shape index (κ3) is 3.45. The molecule has 1 heterocycles. The fourth-order valence-corrected chi connectivity index (χ4v) is 2.25. The first kappa shape index (κ1) is 14.3. The quantitative estimate of drug-likeness (QED) is 0.630. The van der Waals surface area contributed by atoms with Gasteiger partial charge in [-0.15, -0.1) is 0 Å². The average molecular weight is 279 g/mol. The van der Waals surface area contributed by atoms with E-state index in [0.717, 1.165) is 19.5 Å². The Balaban J connectivity index is 2.07. The molecule has 0 aliphatic carbocycles. The zero-order valence-corrected chi connectivity index (χ0v) is 11.2. The lowest BCUT2D eigenvalue weighted by Gasteiger charge is -2.10. The van der Waals surface area contributed by atoms with E-state index >= 15 is 0 Å². The van der Waals surface area contributed by atoms with Crippen molar-refractivity contribution in [2.24, 2.45) is 5.92 Å².